The Morgan fingerprint density at radius 3 is 2.85 bits per heavy atom. The number of fused-ring (bicyclic) bond motifs is 1. The smallest absolute Gasteiger partial charge is 0.261 e. The van der Waals surface area contributed by atoms with Crippen LogP contribution in [0.3, 0.4) is 0 Å². The van der Waals surface area contributed by atoms with E-state index in [0.29, 0.717) is 28.8 Å². The number of hydrogen-bond acceptors (Lipinski definition) is 3. The molecule has 2 aromatic rings. The first-order chi connectivity index (χ1) is 12.5. The number of hydrogen-bond donors (Lipinski definition) is 1. The van der Waals surface area contributed by atoms with Crippen molar-refractivity contribution >= 4 is 29.1 Å². The van der Waals surface area contributed by atoms with Crippen molar-refractivity contribution in [1.29, 1.82) is 0 Å². The van der Waals surface area contributed by atoms with E-state index in [0.717, 1.165) is 17.7 Å². The topological polar surface area (TPSA) is 47.6 Å². The Labute approximate surface area is 163 Å². The van der Waals surface area contributed by atoms with Gasteiger partial charge in [-0.05, 0) is 48.7 Å². The fraction of sp³-hybridized carbons (Fsp3) is 0.350. The van der Waals surface area contributed by atoms with E-state index in [1.807, 2.05) is 26.0 Å². The molecule has 0 spiro atoms. The van der Waals surface area contributed by atoms with Gasteiger partial charge in [0.15, 0.2) is 6.10 Å². The summed E-state index contributed by atoms with van der Waals surface area (Å²) >= 11 is 12.0. The fourth-order valence-electron chi connectivity index (χ4n) is 2.93. The predicted octanol–water partition coefficient (Wildman–Crippen LogP) is 4.79. The summed E-state index contributed by atoms with van der Waals surface area (Å²) in [4.78, 5) is 12.5. The lowest BCUT2D eigenvalue weighted by Crippen LogP contribution is -2.37. The molecular formula is C20H21Cl2NO3. The summed E-state index contributed by atoms with van der Waals surface area (Å²) in [7, 11) is 0. The molecule has 2 aromatic carbocycles. The number of carbonyl (C=O) groups is 1. The first-order valence-electron chi connectivity index (χ1n) is 8.64. The van der Waals surface area contributed by atoms with Crippen LogP contribution in [-0.4, -0.2) is 18.1 Å². The van der Waals surface area contributed by atoms with Crippen molar-refractivity contribution in [1.82, 2.24) is 5.32 Å². The number of amides is 1. The molecule has 1 N–H and O–H groups in total. The molecule has 1 aliphatic rings. The Morgan fingerprint density at radius 2 is 2.12 bits per heavy atom. The molecule has 6 heteroatoms. The van der Waals surface area contributed by atoms with Gasteiger partial charge in [0.2, 0.25) is 0 Å². The van der Waals surface area contributed by atoms with Crippen molar-refractivity contribution < 1.29 is 14.3 Å². The van der Waals surface area contributed by atoms with E-state index in [4.69, 9.17) is 32.7 Å². The number of ether oxygens (including phenoxy) is 2. The molecule has 1 aliphatic heterocycles. The zero-order valence-electron chi connectivity index (χ0n) is 14.7. The van der Waals surface area contributed by atoms with Gasteiger partial charge in [-0.15, -0.1) is 0 Å². The first kappa shape index (κ1) is 18.9. The quantitative estimate of drug-likeness (QED) is 0.767. The molecule has 0 saturated heterocycles. The van der Waals surface area contributed by atoms with Crippen LogP contribution in [0, 0.1) is 0 Å². The van der Waals surface area contributed by atoms with Crippen LogP contribution in [0.1, 0.15) is 31.4 Å². The van der Waals surface area contributed by atoms with E-state index in [-0.39, 0.29) is 12.0 Å². The van der Waals surface area contributed by atoms with Gasteiger partial charge in [-0.25, -0.2) is 0 Å². The molecule has 26 heavy (non-hydrogen) atoms. The van der Waals surface area contributed by atoms with E-state index < -0.39 is 6.10 Å². The molecule has 2 unspecified atom stereocenters. The Kier molecular flexibility index (Phi) is 5.94. The highest BCUT2D eigenvalue weighted by Gasteiger charge is 2.21. The summed E-state index contributed by atoms with van der Waals surface area (Å²) in [6.07, 6.45) is 1.01. The van der Waals surface area contributed by atoms with Gasteiger partial charge >= 0.3 is 0 Å². The second-order valence-electron chi connectivity index (χ2n) is 6.38. The summed E-state index contributed by atoms with van der Waals surface area (Å²) < 4.78 is 11.5. The van der Waals surface area contributed by atoms with Crippen molar-refractivity contribution in [3.8, 4) is 11.5 Å². The van der Waals surface area contributed by atoms with Gasteiger partial charge in [-0.1, -0.05) is 42.3 Å². The highest BCUT2D eigenvalue weighted by Crippen LogP contribution is 2.30. The van der Waals surface area contributed by atoms with Gasteiger partial charge in [0, 0.05) is 18.0 Å². The second-order valence-corrected chi connectivity index (χ2v) is 7.23. The second kappa shape index (κ2) is 8.19. The van der Waals surface area contributed by atoms with Gasteiger partial charge in [0.1, 0.15) is 17.6 Å². The van der Waals surface area contributed by atoms with Crippen LogP contribution in [0.4, 0.5) is 0 Å². The van der Waals surface area contributed by atoms with Crippen LogP contribution in [0.2, 0.25) is 10.0 Å². The van der Waals surface area contributed by atoms with Crippen LogP contribution >= 0.6 is 23.2 Å². The minimum absolute atomic E-state index is 0.177. The van der Waals surface area contributed by atoms with Gasteiger partial charge in [0.25, 0.3) is 5.91 Å². The van der Waals surface area contributed by atoms with Crippen molar-refractivity contribution in [2.75, 3.05) is 0 Å². The standard InChI is InChI=1S/C20H21Cl2NO3/c1-3-17(26-19-7-5-15(21)10-16(19)22)20(24)23-11-13-4-6-18-14(9-13)8-12(2)25-18/h4-7,9-10,12,17H,3,8,11H2,1-2H3,(H,23,24). The van der Waals surface area contributed by atoms with Gasteiger partial charge in [0.05, 0.1) is 5.02 Å². The molecule has 3 rings (SSSR count). The van der Waals surface area contributed by atoms with Crippen LogP contribution in [-0.2, 0) is 17.8 Å². The summed E-state index contributed by atoms with van der Waals surface area (Å²) in [5, 5.41) is 3.84. The van der Waals surface area contributed by atoms with Crippen molar-refractivity contribution in [2.24, 2.45) is 0 Å². The van der Waals surface area contributed by atoms with E-state index in [9.17, 15) is 4.79 Å². The molecule has 1 amide bonds. The number of rotatable bonds is 6. The Balaban J connectivity index is 1.60. The SMILES string of the molecule is CCC(Oc1ccc(Cl)cc1Cl)C(=O)NCc1ccc2c(c1)CC(C)O2. The zero-order valence-corrected chi connectivity index (χ0v) is 16.2. The maximum absolute atomic E-state index is 12.5. The third kappa shape index (κ3) is 4.43. The Bertz CT molecular complexity index is 810. The highest BCUT2D eigenvalue weighted by molar-refractivity contribution is 6.35. The molecule has 138 valence electrons. The van der Waals surface area contributed by atoms with Crippen molar-refractivity contribution in [2.45, 2.75) is 45.4 Å². The minimum atomic E-state index is -0.619. The molecular weight excluding hydrogens is 373 g/mol. The molecule has 2 atom stereocenters. The lowest BCUT2D eigenvalue weighted by Gasteiger charge is -2.18. The zero-order chi connectivity index (χ0) is 18.7. The Morgan fingerprint density at radius 1 is 1.31 bits per heavy atom. The summed E-state index contributed by atoms with van der Waals surface area (Å²) in [6, 6.07) is 11.0. The maximum atomic E-state index is 12.5. The first-order valence-corrected chi connectivity index (χ1v) is 9.39. The average Bonchev–Trinajstić information content (AvgIpc) is 2.98. The molecule has 0 saturated carbocycles. The fourth-order valence-corrected chi connectivity index (χ4v) is 3.39. The summed E-state index contributed by atoms with van der Waals surface area (Å²) in [6.45, 7) is 4.38. The van der Waals surface area contributed by atoms with E-state index in [2.05, 4.69) is 11.4 Å². The van der Waals surface area contributed by atoms with Crippen LogP contribution in [0.5, 0.6) is 11.5 Å². The van der Waals surface area contributed by atoms with Crippen molar-refractivity contribution in [3.63, 3.8) is 0 Å². The minimum Gasteiger partial charge on any atom is -0.490 e. The maximum Gasteiger partial charge on any atom is 0.261 e. The monoisotopic (exact) mass is 393 g/mol. The highest BCUT2D eigenvalue weighted by atomic mass is 35.5. The van der Waals surface area contributed by atoms with Crippen LogP contribution in [0.15, 0.2) is 36.4 Å². The van der Waals surface area contributed by atoms with E-state index in [1.54, 1.807) is 18.2 Å². The van der Waals surface area contributed by atoms with Gasteiger partial charge in [-0.3, -0.25) is 4.79 Å². The molecule has 0 fully saturated rings. The summed E-state index contributed by atoms with van der Waals surface area (Å²) in [5.41, 5.74) is 2.22. The molecule has 0 radical (unpaired) electrons. The molecule has 4 nitrogen and oxygen atoms in total. The normalized spacial score (nSPS) is 16.5. The number of benzene rings is 2. The van der Waals surface area contributed by atoms with Crippen LogP contribution < -0.4 is 14.8 Å². The third-order valence-electron chi connectivity index (χ3n) is 4.25. The number of nitrogens with one attached hydrogen (secondary N) is 1. The number of carbonyl (C=O) groups excluding carboxylic acids is 1. The molecule has 0 bridgehead atoms. The number of halogens is 2. The average molecular weight is 394 g/mol. The Hall–Kier alpha value is -1.91. The lowest BCUT2D eigenvalue weighted by atomic mass is 10.1. The summed E-state index contributed by atoms with van der Waals surface area (Å²) in [5.74, 6) is 1.20. The molecule has 0 aromatic heterocycles. The molecule has 0 aliphatic carbocycles. The largest absolute Gasteiger partial charge is 0.490 e. The van der Waals surface area contributed by atoms with E-state index in [1.165, 1.54) is 5.56 Å². The lowest BCUT2D eigenvalue weighted by molar-refractivity contribution is -0.128. The third-order valence-corrected chi connectivity index (χ3v) is 4.78. The van der Waals surface area contributed by atoms with Gasteiger partial charge in [-0.2, -0.15) is 0 Å². The van der Waals surface area contributed by atoms with E-state index >= 15 is 0 Å². The van der Waals surface area contributed by atoms with Crippen molar-refractivity contribution in [3.05, 3.63) is 57.6 Å². The van der Waals surface area contributed by atoms with Gasteiger partial charge < -0.3 is 14.8 Å². The van der Waals surface area contributed by atoms with Crippen LogP contribution in [0.25, 0.3) is 0 Å². The predicted molar refractivity (Wildman–Crippen MR) is 103 cm³/mol. The molecule has 1 heterocycles.